The fourth-order valence-corrected chi connectivity index (χ4v) is 3.39. The number of thioether (sulfide) groups is 1. The van der Waals surface area contributed by atoms with Gasteiger partial charge in [0.2, 0.25) is 0 Å². The minimum absolute atomic E-state index is 0.00657. The van der Waals surface area contributed by atoms with Crippen LogP contribution in [0.3, 0.4) is 0 Å². The van der Waals surface area contributed by atoms with E-state index in [2.05, 4.69) is 4.99 Å². The molecule has 1 aliphatic rings. The molecule has 2 aromatic rings. The van der Waals surface area contributed by atoms with Gasteiger partial charge in [-0.05, 0) is 23.8 Å². The number of benzene rings is 2. The highest BCUT2D eigenvalue weighted by molar-refractivity contribution is 8.13. The van der Waals surface area contributed by atoms with Gasteiger partial charge in [-0.25, -0.2) is 8.78 Å². The van der Waals surface area contributed by atoms with Gasteiger partial charge in [-0.3, -0.25) is 24.8 Å². The summed E-state index contributed by atoms with van der Waals surface area (Å²) in [5.74, 6) is -2.06. The average Bonchev–Trinajstić information content (AvgIpc) is 3.10. The van der Waals surface area contributed by atoms with Gasteiger partial charge in [0.1, 0.15) is 0 Å². The Labute approximate surface area is 151 Å². The van der Waals surface area contributed by atoms with E-state index in [1.54, 1.807) is 12.1 Å². The van der Waals surface area contributed by atoms with Crippen molar-refractivity contribution < 1.29 is 18.5 Å². The number of nitro groups is 1. The number of carbonyl (C=O) groups excluding carboxylic acids is 1. The molecule has 2 aromatic carbocycles. The molecule has 0 saturated carbocycles. The van der Waals surface area contributed by atoms with Crippen molar-refractivity contribution >= 4 is 28.5 Å². The summed E-state index contributed by atoms with van der Waals surface area (Å²) in [5.41, 5.74) is 0.900. The van der Waals surface area contributed by atoms with Gasteiger partial charge in [-0.2, -0.15) is 0 Å². The molecule has 1 aliphatic heterocycles. The number of aliphatic imine (C=N–C) groups is 1. The minimum atomic E-state index is -1.08. The molecule has 6 nitrogen and oxygen atoms in total. The summed E-state index contributed by atoms with van der Waals surface area (Å²) >= 11 is 1.31. The molecule has 0 fully saturated rings. The van der Waals surface area contributed by atoms with Crippen molar-refractivity contribution in [3.63, 3.8) is 0 Å². The molecule has 0 aromatic heterocycles. The minimum Gasteiger partial charge on any atom is -0.286 e. The highest BCUT2D eigenvalue weighted by Crippen LogP contribution is 2.23. The summed E-state index contributed by atoms with van der Waals surface area (Å²) in [6.45, 7) is 0.790. The monoisotopic (exact) mass is 377 g/mol. The zero-order chi connectivity index (χ0) is 18.7. The molecule has 0 aliphatic carbocycles. The van der Waals surface area contributed by atoms with E-state index < -0.39 is 22.5 Å². The Balaban J connectivity index is 1.67. The topological polar surface area (TPSA) is 75.8 Å². The highest BCUT2D eigenvalue weighted by Gasteiger charge is 2.25. The van der Waals surface area contributed by atoms with E-state index >= 15 is 0 Å². The number of nitrogens with zero attached hydrogens (tertiary/aromatic N) is 3. The number of halogens is 2. The molecule has 0 atom stereocenters. The van der Waals surface area contributed by atoms with E-state index in [0.29, 0.717) is 24.0 Å². The zero-order valence-electron chi connectivity index (χ0n) is 13.4. The van der Waals surface area contributed by atoms with Crippen LogP contribution in [0.25, 0.3) is 0 Å². The zero-order valence-corrected chi connectivity index (χ0v) is 14.2. The largest absolute Gasteiger partial charge is 0.286 e. The standard InChI is InChI=1S/C17H13F2N3O3S/c18-14-6-3-12(9-15(14)19)16(23)21-8-7-20-17(21)26-10-11-1-4-13(5-2-11)22(24)25/h1-6,9H,7-8,10H2. The highest BCUT2D eigenvalue weighted by atomic mass is 32.2. The summed E-state index contributed by atoms with van der Waals surface area (Å²) in [6.07, 6.45) is 0. The molecule has 0 spiro atoms. The summed E-state index contributed by atoms with van der Waals surface area (Å²) < 4.78 is 26.4. The Kier molecular flexibility index (Phi) is 5.27. The van der Waals surface area contributed by atoms with E-state index in [-0.39, 0.29) is 11.3 Å². The van der Waals surface area contributed by atoms with Gasteiger partial charge in [0, 0.05) is 30.0 Å². The number of hydrogen-bond acceptors (Lipinski definition) is 5. The number of carbonyl (C=O) groups is 1. The number of amidine groups is 1. The molecule has 0 radical (unpaired) electrons. The molecule has 0 unspecified atom stereocenters. The quantitative estimate of drug-likeness (QED) is 0.602. The van der Waals surface area contributed by atoms with Crippen LogP contribution < -0.4 is 0 Å². The molecule has 9 heteroatoms. The number of rotatable bonds is 4. The molecule has 3 rings (SSSR count). The van der Waals surface area contributed by atoms with Gasteiger partial charge in [-0.1, -0.05) is 23.9 Å². The van der Waals surface area contributed by atoms with E-state index in [1.807, 2.05) is 0 Å². The second-order valence-corrected chi connectivity index (χ2v) is 6.40. The molecule has 1 heterocycles. The number of non-ortho nitro benzene ring substituents is 1. The van der Waals surface area contributed by atoms with Crippen LogP contribution >= 0.6 is 11.8 Å². The van der Waals surface area contributed by atoms with Crippen molar-refractivity contribution in [3.8, 4) is 0 Å². The smallest absolute Gasteiger partial charge is 0.269 e. The summed E-state index contributed by atoms with van der Waals surface area (Å²) in [7, 11) is 0. The van der Waals surface area contributed by atoms with Gasteiger partial charge in [0.05, 0.1) is 11.5 Å². The van der Waals surface area contributed by atoms with Gasteiger partial charge < -0.3 is 0 Å². The van der Waals surface area contributed by atoms with Crippen molar-refractivity contribution in [1.29, 1.82) is 0 Å². The average molecular weight is 377 g/mol. The first kappa shape index (κ1) is 18.0. The second-order valence-electron chi connectivity index (χ2n) is 5.46. The second kappa shape index (κ2) is 7.61. The van der Waals surface area contributed by atoms with Crippen LogP contribution in [0.4, 0.5) is 14.5 Å². The Morgan fingerprint density at radius 2 is 1.92 bits per heavy atom. The van der Waals surface area contributed by atoms with Gasteiger partial charge in [0.25, 0.3) is 11.6 Å². The number of amides is 1. The third kappa shape index (κ3) is 3.88. The molecular formula is C17H13F2N3O3S. The lowest BCUT2D eigenvalue weighted by Gasteiger charge is -2.18. The van der Waals surface area contributed by atoms with Crippen LogP contribution in [0.2, 0.25) is 0 Å². The molecule has 1 amide bonds. The lowest BCUT2D eigenvalue weighted by Crippen LogP contribution is -2.33. The number of nitro benzene ring substituents is 1. The fourth-order valence-electron chi connectivity index (χ4n) is 2.39. The van der Waals surface area contributed by atoms with Crippen molar-refractivity contribution in [1.82, 2.24) is 4.90 Å². The van der Waals surface area contributed by atoms with Crippen LogP contribution in [0.1, 0.15) is 15.9 Å². The maximum atomic E-state index is 13.4. The summed E-state index contributed by atoms with van der Waals surface area (Å²) in [5, 5.41) is 11.1. The van der Waals surface area contributed by atoms with E-state index in [1.165, 1.54) is 34.9 Å². The third-order valence-corrected chi connectivity index (χ3v) is 4.81. The van der Waals surface area contributed by atoms with Gasteiger partial charge in [-0.15, -0.1) is 0 Å². The van der Waals surface area contributed by atoms with Crippen molar-refractivity contribution in [2.24, 2.45) is 4.99 Å². The van der Waals surface area contributed by atoms with Crippen LogP contribution in [0, 0.1) is 21.7 Å². The Bertz CT molecular complexity index is 887. The predicted octanol–water partition coefficient (Wildman–Crippen LogP) is 3.62. The molecule has 0 bridgehead atoms. The maximum Gasteiger partial charge on any atom is 0.269 e. The van der Waals surface area contributed by atoms with Gasteiger partial charge in [0.15, 0.2) is 16.8 Å². The van der Waals surface area contributed by atoms with Crippen molar-refractivity contribution in [2.45, 2.75) is 5.75 Å². The van der Waals surface area contributed by atoms with Crippen LogP contribution in [-0.2, 0) is 5.75 Å². The van der Waals surface area contributed by atoms with Crippen LogP contribution in [0.5, 0.6) is 0 Å². The van der Waals surface area contributed by atoms with E-state index in [9.17, 15) is 23.7 Å². The first-order valence-corrected chi connectivity index (χ1v) is 8.62. The first-order chi connectivity index (χ1) is 12.5. The van der Waals surface area contributed by atoms with Gasteiger partial charge >= 0.3 is 0 Å². The van der Waals surface area contributed by atoms with E-state index in [4.69, 9.17) is 0 Å². The summed E-state index contributed by atoms with van der Waals surface area (Å²) in [4.78, 5) is 28.4. The Hall–Kier alpha value is -2.81. The summed E-state index contributed by atoms with van der Waals surface area (Å²) in [6, 6.07) is 9.13. The van der Waals surface area contributed by atoms with Crippen LogP contribution in [-0.4, -0.2) is 34.0 Å². The molecule has 134 valence electrons. The molecule has 26 heavy (non-hydrogen) atoms. The fraction of sp³-hybridized carbons (Fsp3) is 0.176. The lowest BCUT2D eigenvalue weighted by atomic mass is 10.2. The molecule has 0 N–H and O–H groups in total. The first-order valence-electron chi connectivity index (χ1n) is 7.63. The molecular weight excluding hydrogens is 364 g/mol. The Morgan fingerprint density at radius 3 is 2.58 bits per heavy atom. The van der Waals surface area contributed by atoms with Crippen molar-refractivity contribution in [2.75, 3.05) is 13.1 Å². The van der Waals surface area contributed by atoms with E-state index in [0.717, 1.165) is 17.7 Å². The lowest BCUT2D eigenvalue weighted by molar-refractivity contribution is -0.384. The Morgan fingerprint density at radius 1 is 1.19 bits per heavy atom. The normalized spacial score (nSPS) is 13.6. The third-order valence-electron chi connectivity index (χ3n) is 3.73. The van der Waals surface area contributed by atoms with Crippen LogP contribution in [0.15, 0.2) is 47.5 Å². The number of hydrogen-bond donors (Lipinski definition) is 0. The predicted molar refractivity (Wildman–Crippen MR) is 94.1 cm³/mol. The van der Waals surface area contributed by atoms with Crippen molar-refractivity contribution in [3.05, 3.63) is 75.3 Å². The SMILES string of the molecule is O=C(c1ccc(F)c(F)c1)N1CCN=C1SCc1ccc([N+](=O)[O-])cc1. The molecule has 0 saturated heterocycles. The maximum absolute atomic E-state index is 13.4.